The highest BCUT2D eigenvalue weighted by Crippen LogP contribution is 2.49. The summed E-state index contributed by atoms with van der Waals surface area (Å²) >= 11 is 4.56. The van der Waals surface area contributed by atoms with E-state index in [9.17, 15) is 10.2 Å². The number of rotatable bonds is 4. The first-order chi connectivity index (χ1) is 14.4. The predicted molar refractivity (Wildman–Crippen MR) is 118 cm³/mol. The lowest BCUT2D eigenvalue weighted by Crippen LogP contribution is -2.00. The Balaban J connectivity index is 1.56. The molecule has 0 amide bonds. The van der Waals surface area contributed by atoms with Gasteiger partial charge in [-0.25, -0.2) is 0 Å². The van der Waals surface area contributed by atoms with Gasteiger partial charge in [-0.15, -0.1) is 22.8 Å². The third-order valence-electron chi connectivity index (χ3n) is 6.58. The highest BCUT2D eigenvalue weighted by Gasteiger charge is 2.40. The molecule has 3 N–H and O–H groups in total. The smallest absolute Gasteiger partial charge is 0.193 e. The molecule has 0 unspecified atom stereocenters. The van der Waals surface area contributed by atoms with E-state index in [1.807, 2.05) is 22.8 Å². The van der Waals surface area contributed by atoms with Gasteiger partial charge in [0.2, 0.25) is 0 Å². The number of hydrogen-bond donors (Lipinski definition) is 4. The van der Waals surface area contributed by atoms with Gasteiger partial charge in [0.05, 0.1) is 11.3 Å². The van der Waals surface area contributed by atoms with Crippen molar-refractivity contribution in [1.82, 2.24) is 19.7 Å². The molecule has 4 aromatic rings. The third kappa shape index (κ3) is 2.65. The summed E-state index contributed by atoms with van der Waals surface area (Å²) in [6, 6.07) is 11.5. The van der Waals surface area contributed by atoms with Crippen LogP contribution < -0.4 is 0 Å². The van der Waals surface area contributed by atoms with Gasteiger partial charge in [0.15, 0.2) is 11.0 Å². The molecule has 152 valence electrons. The van der Waals surface area contributed by atoms with E-state index in [1.165, 1.54) is 24.6 Å². The molecule has 6 nitrogen and oxygen atoms in total. The number of phenolic OH excluding ortho intramolecular Hbond substituents is 2. The number of hydrogen-bond acceptors (Lipinski definition) is 5. The molecule has 2 heterocycles. The summed E-state index contributed by atoms with van der Waals surface area (Å²) in [5, 5.41) is 30.9. The number of benzene rings is 2. The van der Waals surface area contributed by atoms with Gasteiger partial charge in [0.25, 0.3) is 0 Å². The number of aromatic amines is 1. The van der Waals surface area contributed by atoms with Crippen LogP contribution in [-0.4, -0.2) is 30.0 Å². The van der Waals surface area contributed by atoms with Gasteiger partial charge in [0, 0.05) is 28.1 Å². The minimum atomic E-state index is -0.0219. The molecule has 0 atom stereocenters. The number of aromatic hydroxyl groups is 2. The molecule has 2 fully saturated rings. The number of fused-ring (bicyclic) bond motifs is 1. The summed E-state index contributed by atoms with van der Waals surface area (Å²) in [4.78, 5) is 3.57. The van der Waals surface area contributed by atoms with Gasteiger partial charge < -0.3 is 15.2 Å². The van der Waals surface area contributed by atoms with Crippen molar-refractivity contribution in [2.24, 2.45) is 0 Å². The van der Waals surface area contributed by atoms with Crippen molar-refractivity contribution in [3.05, 3.63) is 47.7 Å². The number of nitrogens with zero attached hydrogens (tertiary/aromatic N) is 3. The molecule has 30 heavy (non-hydrogen) atoms. The molecule has 2 saturated carbocycles. The Hall–Kier alpha value is -2.93. The summed E-state index contributed by atoms with van der Waals surface area (Å²) in [5.41, 5.74) is 4.82. The van der Waals surface area contributed by atoms with Crippen LogP contribution in [0.25, 0.3) is 28.0 Å². The number of H-pyrrole nitrogens is 1. The molecule has 2 aromatic carbocycles. The highest BCUT2D eigenvalue weighted by atomic mass is 32.1. The maximum Gasteiger partial charge on any atom is 0.193 e. The molecule has 6 rings (SSSR count). The molecule has 0 spiro atoms. The fourth-order valence-corrected chi connectivity index (χ4v) is 4.53. The van der Waals surface area contributed by atoms with Crippen molar-refractivity contribution < 1.29 is 10.2 Å². The Bertz CT molecular complexity index is 1310. The zero-order chi connectivity index (χ0) is 20.6. The van der Waals surface area contributed by atoms with Gasteiger partial charge in [0.1, 0.15) is 11.5 Å². The molecule has 2 aromatic heterocycles. The van der Waals surface area contributed by atoms with Crippen molar-refractivity contribution in [2.75, 3.05) is 0 Å². The van der Waals surface area contributed by atoms with Crippen LogP contribution >= 0.6 is 12.6 Å². The van der Waals surface area contributed by atoms with Crippen molar-refractivity contribution in [1.29, 1.82) is 0 Å². The zero-order valence-corrected chi connectivity index (χ0v) is 17.4. The standard InChI is InChI=1S/C23H22N4O2S/c1-23(7-8-23)20-10-14-16(24-20)3-2-4-17(14)27-21(25-26-22(27)30)15-9-13(12-5-6-12)18(28)11-19(15)29/h2-4,9-12,24,28-29H,5-8H2,1H3,(H,26,30). The van der Waals surface area contributed by atoms with Crippen LogP contribution in [0.4, 0.5) is 0 Å². The number of nitrogens with one attached hydrogen (secondary N) is 1. The lowest BCUT2D eigenvalue weighted by Gasteiger charge is -2.13. The van der Waals surface area contributed by atoms with Crippen LogP contribution in [0, 0.1) is 0 Å². The normalized spacial score (nSPS) is 17.5. The van der Waals surface area contributed by atoms with E-state index in [-0.39, 0.29) is 16.9 Å². The summed E-state index contributed by atoms with van der Waals surface area (Å²) in [6.07, 6.45) is 4.48. The summed E-state index contributed by atoms with van der Waals surface area (Å²) in [5.74, 6) is 0.954. The lowest BCUT2D eigenvalue weighted by molar-refractivity contribution is 0.447. The number of thiol groups is 1. The average Bonchev–Trinajstić information content (AvgIpc) is 3.61. The number of phenols is 2. The Labute approximate surface area is 179 Å². The monoisotopic (exact) mass is 418 g/mol. The fourth-order valence-electron chi connectivity index (χ4n) is 4.28. The first kappa shape index (κ1) is 17.9. The largest absolute Gasteiger partial charge is 0.508 e. The van der Waals surface area contributed by atoms with Crippen molar-refractivity contribution >= 4 is 23.5 Å². The van der Waals surface area contributed by atoms with Crippen molar-refractivity contribution in [3.8, 4) is 28.6 Å². The zero-order valence-electron chi connectivity index (χ0n) is 16.6. The first-order valence-corrected chi connectivity index (χ1v) is 10.7. The van der Waals surface area contributed by atoms with Crippen LogP contribution in [0.2, 0.25) is 0 Å². The summed E-state index contributed by atoms with van der Waals surface area (Å²) in [7, 11) is 0. The van der Waals surface area contributed by atoms with Gasteiger partial charge in [-0.1, -0.05) is 13.0 Å². The fraction of sp³-hybridized carbons (Fsp3) is 0.304. The van der Waals surface area contributed by atoms with Crippen LogP contribution in [0.3, 0.4) is 0 Å². The molecule has 0 aliphatic heterocycles. The SMILES string of the molecule is CC1(c2cc3c(-n4c(S)nnc4-c4cc(C5CC5)c(O)cc4O)cccc3[nH]2)CC1. The maximum absolute atomic E-state index is 10.6. The Morgan fingerprint density at radius 3 is 2.63 bits per heavy atom. The van der Waals surface area contributed by atoms with Gasteiger partial charge in [-0.3, -0.25) is 4.57 Å². The van der Waals surface area contributed by atoms with Crippen LogP contribution in [0.15, 0.2) is 41.6 Å². The number of aromatic nitrogens is 4. The third-order valence-corrected chi connectivity index (χ3v) is 6.87. The van der Waals surface area contributed by atoms with Crippen molar-refractivity contribution in [3.63, 3.8) is 0 Å². The van der Waals surface area contributed by atoms with E-state index in [2.05, 4.69) is 46.9 Å². The average molecular weight is 419 g/mol. The topological polar surface area (TPSA) is 87.0 Å². The van der Waals surface area contributed by atoms with E-state index in [0.717, 1.165) is 35.0 Å². The van der Waals surface area contributed by atoms with Crippen molar-refractivity contribution in [2.45, 2.75) is 49.1 Å². The Kier molecular flexibility index (Phi) is 3.60. The molecule has 2 aliphatic carbocycles. The quantitative estimate of drug-likeness (QED) is 0.350. The Morgan fingerprint density at radius 1 is 1.10 bits per heavy atom. The minimum absolute atomic E-state index is 0.0219. The van der Waals surface area contributed by atoms with Crippen LogP contribution in [0.5, 0.6) is 11.5 Å². The molecular weight excluding hydrogens is 396 g/mol. The molecule has 0 saturated heterocycles. The Morgan fingerprint density at radius 2 is 1.90 bits per heavy atom. The molecule has 2 aliphatic rings. The van der Waals surface area contributed by atoms with E-state index >= 15 is 0 Å². The van der Waals surface area contributed by atoms with Crippen LogP contribution in [0.1, 0.15) is 49.8 Å². The van der Waals surface area contributed by atoms with Crippen LogP contribution in [-0.2, 0) is 5.41 Å². The second kappa shape index (κ2) is 6.04. The summed E-state index contributed by atoms with van der Waals surface area (Å²) < 4.78 is 1.86. The van der Waals surface area contributed by atoms with E-state index in [0.29, 0.717) is 22.5 Å². The first-order valence-electron chi connectivity index (χ1n) is 10.3. The predicted octanol–water partition coefficient (Wildman–Crippen LogP) is 5.04. The van der Waals surface area contributed by atoms with E-state index in [4.69, 9.17) is 0 Å². The van der Waals surface area contributed by atoms with E-state index < -0.39 is 0 Å². The second-order valence-electron chi connectivity index (χ2n) is 8.84. The van der Waals surface area contributed by atoms with Gasteiger partial charge >= 0.3 is 0 Å². The minimum Gasteiger partial charge on any atom is -0.508 e. The summed E-state index contributed by atoms with van der Waals surface area (Å²) in [6.45, 7) is 2.28. The lowest BCUT2D eigenvalue weighted by atomic mass is 10.0. The molecule has 0 bridgehead atoms. The van der Waals surface area contributed by atoms with Gasteiger partial charge in [-0.2, -0.15) is 0 Å². The van der Waals surface area contributed by atoms with E-state index in [1.54, 1.807) is 0 Å². The molecule has 0 radical (unpaired) electrons. The van der Waals surface area contributed by atoms with Gasteiger partial charge in [-0.05, 0) is 61.4 Å². The maximum atomic E-state index is 10.6. The molecule has 7 heteroatoms. The molecular formula is C23H22N4O2S. The highest BCUT2D eigenvalue weighted by molar-refractivity contribution is 7.80. The second-order valence-corrected chi connectivity index (χ2v) is 9.24.